The summed E-state index contributed by atoms with van der Waals surface area (Å²) in [7, 11) is 1.80. The van der Waals surface area contributed by atoms with E-state index in [9.17, 15) is 0 Å². The van der Waals surface area contributed by atoms with Crippen molar-refractivity contribution in [3.63, 3.8) is 0 Å². The Morgan fingerprint density at radius 1 is 1.20 bits per heavy atom. The lowest BCUT2D eigenvalue weighted by Crippen LogP contribution is -2.27. The van der Waals surface area contributed by atoms with Crippen molar-refractivity contribution in [2.24, 2.45) is 5.92 Å². The Morgan fingerprint density at radius 2 is 1.95 bits per heavy atom. The molecule has 110 valence electrons. The lowest BCUT2D eigenvalue weighted by Gasteiger charge is -2.26. The Bertz CT molecular complexity index is 447. The molecular weight excluding hydrogens is 246 g/mol. The number of nitrogens with one attached hydrogen (secondary N) is 1. The molecule has 0 heterocycles. The van der Waals surface area contributed by atoms with E-state index in [4.69, 9.17) is 4.74 Å². The van der Waals surface area contributed by atoms with Crippen molar-refractivity contribution in [2.45, 2.75) is 57.4 Å². The molecular formula is C18H27NO. The maximum Gasteiger partial charge on any atom is 0.122 e. The van der Waals surface area contributed by atoms with E-state index in [-0.39, 0.29) is 0 Å². The van der Waals surface area contributed by atoms with E-state index in [1.54, 1.807) is 7.11 Å². The minimum atomic E-state index is 0.618. The largest absolute Gasteiger partial charge is 0.496 e. The fraction of sp³-hybridized carbons (Fsp3) is 0.667. The smallest absolute Gasteiger partial charge is 0.122 e. The molecule has 2 fully saturated rings. The van der Waals surface area contributed by atoms with Gasteiger partial charge in [-0.25, -0.2) is 0 Å². The molecule has 2 nitrogen and oxygen atoms in total. The van der Waals surface area contributed by atoms with Crippen molar-refractivity contribution in [3.05, 3.63) is 29.3 Å². The molecule has 2 saturated carbocycles. The minimum Gasteiger partial charge on any atom is -0.496 e. The highest BCUT2D eigenvalue weighted by Gasteiger charge is 2.30. The van der Waals surface area contributed by atoms with Gasteiger partial charge in [0.15, 0.2) is 0 Å². The van der Waals surface area contributed by atoms with Crippen molar-refractivity contribution in [2.75, 3.05) is 13.7 Å². The molecule has 0 amide bonds. The molecule has 1 atom stereocenters. The molecule has 3 rings (SSSR count). The number of hydrogen-bond acceptors (Lipinski definition) is 2. The van der Waals surface area contributed by atoms with Crippen LogP contribution in [0.4, 0.5) is 0 Å². The van der Waals surface area contributed by atoms with Crippen molar-refractivity contribution in [1.82, 2.24) is 5.32 Å². The summed E-state index contributed by atoms with van der Waals surface area (Å²) in [6, 6.07) is 7.43. The molecule has 0 bridgehead atoms. The average molecular weight is 273 g/mol. The first kappa shape index (κ1) is 13.9. The van der Waals surface area contributed by atoms with E-state index >= 15 is 0 Å². The third-order valence-electron chi connectivity index (χ3n) is 4.96. The van der Waals surface area contributed by atoms with Crippen LogP contribution in [-0.4, -0.2) is 19.7 Å². The van der Waals surface area contributed by atoms with Crippen LogP contribution in [0.25, 0.3) is 0 Å². The summed E-state index contributed by atoms with van der Waals surface area (Å²) in [5.74, 6) is 2.52. The summed E-state index contributed by atoms with van der Waals surface area (Å²) in [6.07, 6.45) is 8.30. The highest BCUT2D eigenvalue weighted by molar-refractivity contribution is 5.40. The third kappa shape index (κ3) is 3.17. The van der Waals surface area contributed by atoms with E-state index in [1.165, 1.54) is 49.7 Å². The van der Waals surface area contributed by atoms with Crippen LogP contribution in [0.2, 0.25) is 0 Å². The fourth-order valence-corrected chi connectivity index (χ4v) is 3.61. The second kappa shape index (κ2) is 6.17. The minimum absolute atomic E-state index is 0.618. The Kier molecular flexibility index (Phi) is 4.30. The lowest BCUT2D eigenvalue weighted by atomic mass is 9.83. The molecule has 1 aromatic carbocycles. The molecule has 1 N–H and O–H groups in total. The molecule has 0 saturated heterocycles. The van der Waals surface area contributed by atoms with Crippen LogP contribution >= 0.6 is 0 Å². The van der Waals surface area contributed by atoms with Gasteiger partial charge in [0.2, 0.25) is 0 Å². The Balaban J connectivity index is 1.83. The zero-order chi connectivity index (χ0) is 13.9. The second-order valence-corrected chi connectivity index (χ2v) is 6.58. The van der Waals surface area contributed by atoms with Gasteiger partial charge < -0.3 is 10.1 Å². The normalized spacial score (nSPS) is 21.1. The highest BCUT2D eigenvalue weighted by Crippen LogP contribution is 2.41. The standard InChI is InChI=1S/C18H27NO/c1-13-7-10-18(20-2)16(11-13)17(12-19-15-8-9-15)14-5-3-4-6-14/h7,10-11,14-15,17,19H,3-6,8-9,12H2,1-2H3. The molecule has 1 unspecified atom stereocenters. The topological polar surface area (TPSA) is 21.3 Å². The van der Waals surface area contributed by atoms with Gasteiger partial charge in [-0.2, -0.15) is 0 Å². The van der Waals surface area contributed by atoms with Crippen LogP contribution < -0.4 is 10.1 Å². The number of hydrogen-bond donors (Lipinski definition) is 1. The Morgan fingerprint density at radius 3 is 2.60 bits per heavy atom. The fourth-order valence-electron chi connectivity index (χ4n) is 3.61. The van der Waals surface area contributed by atoms with Gasteiger partial charge in [0.25, 0.3) is 0 Å². The van der Waals surface area contributed by atoms with E-state index < -0.39 is 0 Å². The molecule has 0 radical (unpaired) electrons. The number of benzene rings is 1. The summed E-state index contributed by atoms with van der Waals surface area (Å²) in [6.45, 7) is 3.30. The van der Waals surface area contributed by atoms with Gasteiger partial charge in [0.05, 0.1) is 7.11 Å². The summed E-state index contributed by atoms with van der Waals surface area (Å²) in [5.41, 5.74) is 2.77. The number of rotatable bonds is 6. The van der Waals surface area contributed by atoms with E-state index in [0.29, 0.717) is 5.92 Å². The quantitative estimate of drug-likeness (QED) is 0.845. The highest BCUT2D eigenvalue weighted by atomic mass is 16.5. The first-order chi connectivity index (χ1) is 9.78. The van der Waals surface area contributed by atoms with Crippen LogP contribution in [-0.2, 0) is 0 Å². The van der Waals surface area contributed by atoms with Crippen molar-refractivity contribution >= 4 is 0 Å². The lowest BCUT2D eigenvalue weighted by molar-refractivity contribution is 0.372. The Labute approximate surface area is 122 Å². The zero-order valence-electron chi connectivity index (χ0n) is 12.8. The maximum atomic E-state index is 5.64. The van der Waals surface area contributed by atoms with E-state index in [1.807, 2.05) is 0 Å². The van der Waals surface area contributed by atoms with Crippen LogP contribution in [0.5, 0.6) is 5.75 Å². The first-order valence-electron chi connectivity index (χ1n) is 8.16. The van der Waals surface area contributed by atoms with Gasteiger partial charge in [-0.1, -0.05) is 30.5 Å². The molecule has 2 aliphatic carbocycles. The molecule has 20 heavy (non-hydrogen) atoms. The van der Waals surface area contributed by atoms with Crippen LogP contribution in [0.1, 0.15) is 55.6 Å². The number of methoxy groups -OCH3 is 1. The SMILES string of the molecule is COc1ccc(C)cc1C(CNC1CC1)C1CCCC1. The average Bonchev–Trinajstić information content (AvgIpc) is 3.12. The van der Waals surface area contributed by atoms with Gasteiger partial charge in [-0.15, -0.1) is 0 Å². The number of ether oxygens (including phenoxy) is 1. The second-order valence-electron chi connectivity index (χ2n) is 6.58. The molecule has 0 aromatic heterocycles. The molecule has 2 heteroatoms. The van der Waals surface area contributed by atoms with Gasteiger partial charge in [0.1, 0.15) is 5.75 Å². The summed E-state index contributed by atoms with van der Waals surface area (Å²) < 4.78 is 5.64. The summed E-state index contributed by atoms with van der Waals surface area (Å²) in [5, 5.41) is 3.75. The molecule has 2 aliphatic rings. The Hall–Kier alpha value is -1.02. The van der Waals surface area contributed by atoms with Crippen LogP contribution in [0, 0.1) is 12.8 Å². The monoisotopic (exact) mass is 273 g/mol. The molecule has 1 aromatic rings. The molecule has 0 spiro atoms. The van der Waals surface area contributed by atoms with E-state index in [0.717, 1.165) is 24.3 Å². The summed E-state index contributed by atoms with van der Waals surface area (Å²) in [4.78, 5) is 0. The van der Waals surface area contributed by atoms with Crippen LogP contribution in [0.3, 0.4) is 0 Å². The van der Waals surface area contributed by atoms with E-state index in [2.05, 4.69) is 30.4 Å². The van der Waals surface area contributed by atoms with Gasteiger partial charge in [0, 0.05) is 18.5 Å². The first-order valence-corrected chi connectivity index (χ1v) is 8.16. The summed E-state index contributed by atoms with van der Waals surface area (Å²) >= 11 is 0. The van der Waals surface area contributed by atoms with Gasteiger partial charge >= 0.3 is 0 Å². The predicted octanol–water partition coefficient (Wildman–Crippen LogP) is 4.03. The van der Waals surface area contributed by atoms with Crippen molar-refractivity contribution < 1.29 is 4.74 Å². The van der Waals surface area contributed by atoms with Crippen molar-refractivity contribution in [3.8, 4) is 5.75 Å². The van der Waals surface area contributed by atoms with Crippen molar-refractivity contribution in [1.29, 1.82) is 0 Å². The third-order valence-corrected chi connectivity index (χ3v) is 4.96. The van der Waals surface area contributed by atoms with Gasteiger partial charge in [-0.3, -0.25) is 0 Å². The maximum absolute atomic E-state index is 5.64. The molecule has 0 aliphatic heterocycles. The van der Waals surface area contributed by atoms with Crippen LogP contribution in [0.15, 0.2) is 18.2 Å². The number of aryl methyl sites for hydroxylation is 1. The van der Waals surface area contributed by atoms with Gasteiger partial charge in [-0.05, 0) is 50.2 Å². The zero-order valence-corrected chi connectivity index (χ0v) is 12.8. The predicted molar refractivity (Wildman–Crippen MR) is 83.5 cm³/mol.